The number of halogens is 1. The highest BCUT2D eigenvalue weighted by molar-refractivity contribution is 9.10. The van der Waals surface area contributed by atoms with Gasteiger partial charge in [0.05, 0.1) is 6.54 Å². The van der Waals surface area contributed by atoms with Gasteiger partial charge in [-0.15, -0.1) is 11.3 Å². The number of rotatable bonds is 3. The molecule has 2 aromatic heterocycles. The van der Waals surface area contributed by atoms with E-state index in [4.69, 9.17) is 5.73 Å². The Balaban J connectivity index is 2.03. The van der Waals surface area contributed by atoms with Crippen LogP contribution in [0.1, 0.15) is 20.9 Å². The number of amides is 1. The lowest BCUT2D eigenvalue weighted by Gasteiger charge is -2.05. The van der Waals surface area contributed by atoms with Crippen LogP contribution in [0.25, 0.3) is 0 Å². The summed E-state index contributed by atoms with van der Waals surface area (Å²) < 4.78 is 1.03. The lowest BCUT2D eigenvalue weighted by atomic mass is 10.2. The molecule has 0 fully saturated rings. The Morgan fingerprint density at radius 3 is 2.89 bits per heavy atom. The van der Waals surface area contributed by atoms with Gasteiger partial charge >= 0.3 is 0 Å². The van der Waals surface area contributed by atoms with Gasteiger partial charge in [-0.2, -0.15) is 0 Å². The number of pyridine rings is 1. The summed E-state index contributed by atoms with van der Waals surface area (Å²) in [7, 11) is 0. The molecule has 0 aliphatic rings. The van der Waals surface area contributed by atoms with E-state index in [1.54, 1.807) is 23.5 Å². The van der Waals surface area contributed by atoms with Gasteiger partial charge in [0, 0.05) is 26.0 Å². The number of nitrogens with one attached hydrogen (secondary N) is 1. The molecular weight excluding hydrogens is 314 g/mol. The number of thiophene rings is 1. The van der Waals surface area contributed by atoms with E-state index in [0.29, 0.717) is 17.9 Å². The zero-order valence-electron chi connectivity index (χ0n) is 9.74. The predicted molar refractivity (Wildman–Crippen MR) is 76.6 cm³/mol. The first-order valence-electron chi connectivity index (χ1n) is 5.30. The van der Waals surface area contributed by atoms with Crippen LogP contribution in [0.15, 0.2) is 28.1 Å². The van der Waals surface area contributed by atoms with Gasteiger partial charge in [-0.3, -0.25) is 4.79 Å². The zero-order valence-corrected chi connectivity index (χ0v) is 12.1. The standard InChI is InChI=1S/C12H12BrN3OS/c1-7-2-8(3-11(14)16-7)12(17)15-5-10-4-9(13)6-18-10/h2-4,6H,5H2,1H3,(H2,14,16)(H,15,17). The van der Waals surface area contributed by atoms with E-state index in [-0.39, 0.29) is 5.91 Å². The second-order valence-corrected chi connectivity index (χ2v) is 5.75. The molecule has 0 radical (unpaired) electrons. The molecule has 0 unspecified atom stereocenters. The Labute approximate surface area is 117 Å². The normalized spacial score (nSPS) is 10.3. The third-order valence-electron chi connectivity index (χ3n) is 2.28. The average molecular weight is 326 g/mol. The average Bonchev–Trinajstić information content (AvgIpc) is 2.70. The summed E-state index contributed by atoms with van der Waals surface area (Å²) in [5.74, 6) is 0.218. The summed E-state index contributed by atoms with van der Waals surface area (Å²) in [4.78, 5) is 17.1. The lowest BCUT2D eigenvalue weighted by Crippen LogP contribution is -2.22. The second kappa shape index (κ2) is 5.49. The van der Waals surface area contributed by atoms with Gasteiger partial charge in [-0.1, -0.05) is 0 Å². The first-order valence-corrected chi connectivity index (χ1v) is 6.97. The van der Waals surface area contributed by atoms with Crippen LogP contribution in [0.5, 0.6) is 0 Å². The molecule has 2 heterocycles. The number of hydrogen-bond donors (Lipinski definition) is 2. The Bertz CT molecular complexity index is 562. The molecule has 2 rings (SSSR count). The molecule has 0 atom stereocenters. The van der Waals surface area contributed by atoms with Crippen molar-refractivity contribution in [2.45, 2.75) is 13.5 Å². The minimum absolute atomic E-state index is 0.142. The molecule has 0 spiro atoms. The van der Waals surface area contributed by atoms with Crippen molar-refractivity contribution >= 4 is 39.0 Å². The van der Waals surface area contributed by atoms with Crippen molar-refractivity contribution in [2.75, 3.05) is 5.73 Å². The lowest BCUT2D eigenvalue weighted by molar-refractivity contribution is 0.0951. The van der Waals surface area contributed by atoms with E-state index in [9.17, 15) is 4.79 Å². The van der Waals surface area contributed by atoms with Crippen LogP contribution in [0.3, 0.4) is 0 Å². The maximum absolute atomic E-state index is 11.9. The van der Waals surface area contributed by atoms with E-state index in [1.807, 2.05) is 18.4 Å². The Morgan fingerprint density at radius 1 is 1.50 bits per heavy atom. The molecule has 4 nitrogen and oxygen atoms in total. The molecule has 6 heteroatoms. The predicted octanol–water partition coefficient (Wildman–Crippen LogP) is 2.73. The summed E-state index contributed by atoms with van der Waals surface area (Å²) in [6.07, 6.45) is 0. The number of aromatic nitrogens is 1. The van der Waals surface area contributed by atoms with Gasteiger partial charge in [0.1, 0.15) is 5.82 Å². The minimum atomic E-state index is -0.142. The Kier molecular flexibility index (Phi) is 3.98. The van der Waals surface area contributed by atoms with E-state index in [1.165, 1.54) is 0 Å². The number of hydrogen-bond acceptors (Lipinski definition) is 4. The molecule has 0 saturated carbocycles. The monoisotopic (exact) mass is 325 g/mol. The van der Waals surface area contributed by atoms with Crippen LogP contribution in [0.4, 0.5) is 5.82 Å². The number of nitrogens with two attached hydrogens (primary N) is 1. The van der Waals surface area contributed by atoms with Crippen molar-refractivity contribution in [2.24, 2.45) is 0 Å². The number of anilines is 1. The highest BCUT2D eigenvalue weighted by Crippen LogP contribution is 2.19. The van der Waals surface area contributed by atoms with Gasteiger partial charge < -0.3 is 11.1 Å². The molecule has 94 valence electrons. The second-order valence-electron chi connectivity index (χ2n) is 3.84. The van der Waals surface area contributed by atoms with Crippen molar-refractivity contribution in [3.63, 3.8) is 0 Å². The molecule has 0 aromatic carbocycles. The van der Waals surface area contributed by atoms with Gasteiger partial charge in [0.2, 0.25) is 0 Å². The SMILES string of the molecule is Cc1cc(C(=O)NCc2cc(Br)cs2)cc(N)n1. The van der Waals surface area contributed by atoms with E-state index < -0.39 is 0 Å². The van der Waals surface area contributed by atoms with Crippen LogP contribution < -0.4 is 11.1 Å². The molecule has 0 bridgehead atoms. The number of carbonyl (C=O) groups is 1. The Morgan fingerprint density at radius 2 is 2.28 bits per heavy atom. The van der Waals surface area contributed by atoms with E-state index in [2.05, 4.69) is 26.2 Å². The van der Waals surface area contributed by atoms with Crippen LogP contribution in [-0.4, -0.2) is 10.9 Å². The van der Waals surface area contributed by atoms with Crippen molar-refractivity contribution in [1.29, 1.82) is 0 Å². The van der Waals surface area contributed by atoms with Crippen LogP contribution in [-0.2, 0) is 6.54 Å². The fraction of sp³-hybridized carbons (Fsp3) is 0.167. The first kappa shape index (κ1) is 13.0. The molecule has 18 heavy (non-hydrogen) atoms. The molecule has 0 aliphatic carbocycles. The molecule has 1 amide bonds. The third kappa shape index (κ3) is 3.30. The van der Waals surface area contributed by atoms with Crippen LogP contribution in [0.2, 0.25) is 0 Å². The number of aryl methyl sites for hydroxylation is 1. The molecule has 0 aliphatic heterocycles. The van der Waals surface area contributed by atoms with Crippen molar-refractivity contribution < 1.29 is 4.79 Å². The van der Waals surface area contributed by atoms with Crippen molar-refractivity contribution in [3.8, 4) is 0 Å². The highest BCUT2D eigenvalue weighted by Gasteiger charge is 2.08. The topological polar surface area (TPSA) is 68.0 Å². The molecule has 3 N–H and O–H groups in total. The largest absolute Gasteiger partial charge is 0.384 e. The fourth-order valence-corrected chi connectivity index (χ4v) is 2.93. The fourth-order valence-electron chi connectivity index (χ4n) is 1.54. The summed E-state index contributed by atoms with van der Waals surface area (Å²) in [5.41, 5.74) is 6.89. The molecule has 2 aromatic rings. The zero-order chi connectivity index (χ0) is 13.1. The van der Waals surface area contributed by atoms with Crippen LogP contribution in [0, 0.1) is 6.92 Å². The van der Waals surface area contributed by atoms with Gasteiger partial charge in [0.25, 0.3) is 5.91 Å². The Hall–Kier alpha value is -1.40. The minimum Gasteiger partial charge on any atom is -0.384 e. The maximum atomic E-state index is 11.9. The quantitative estimate of drug-likeness (QED) is 0.911. The number of carbonyl (C=O) groups excluding carboxylic acids is 1. The van der Waals surface area contributed by atoms with Crippen LogP contribution >= 0.6 is 27.3 Å². The van der Waals surface area contributed by atoms with E-state index >= 15 is 0 Å². The van der Waals surface area contributed by atoms with Crippen molar-refractivity contribution in [3.05, 3.63) is 44.2 Å². The summed E-state index contributed by atoms with van der Waals surface area (Å²) in [6.45, 7) is 2.32. The maximum Gasteiger partial charge on any atom is 0.251 e. The number of nitrogens with zero attached hydrogens (tertiary/aromatic N) is 1. The van der Waals surface area contributed by atoms with Gasteiger partial charge in [-0.05, 0) is 41.1 Å². The third-order valence-corrected chi connectivity index (χ3v) is 3.98. The number of nitrogen functional groups attached to an aromatic ring is 1. The highest BCUT2D eigenvalue weighted by atomic mass is 79.9. The van der Waals surface area contributed by atoms with E-state index in [0.717, 1.165) is 15.0 Å². The van der Waals surface area contributed by atoms with Gasteiger partial charge in [-0.25, -0.2) is 4.98 Å². The summed E-state index contributed by atoms with van der Waals surface area (Å²) >= 11 is 4.97. The molecule has 0 saturated heterocycles. The van der Waals surface area contributed by atoms with Crippen molar-refractivity contribution in [1.82, 2.24) is 10.3 Å². The first-order chi connectivity index (χ1) is 8.54. The van der Waals surface area contributed by atoms with Gasteiger partial charge in [0.15, 0.2) is 0 Å². The summed E-state index contributed by atoms with van der Waals surface area (Å²) in [5, 5.41) is 4.83. The molecular formula is C12H12BrN3OS. The summed E-state index contributed by atoms with van der Waals surface area (Å²) in [6, 6.07) is 5.28. The smallest absolute Gasteiger partial charge is 0.251 e.